The summed E-state index contributed by atoms with van der Waals surface area (Å²) in [6, 6.07) is 4.25. The first kappa shape index (κ1) is 24.0. The molecule has 0 amide bonds. The molecule has 0 radical (unpaired) electrons. The Balaban J connectivity index is 1.80. The maximum Gasteiger partial charge on any atom is 0.274 e. The van der Waals surface area contributed by atoms with Crippen molar-refractivity contribution in [2.75, 3.05) is 11.9 Å². The van der Waals surface area contributed by atoms with Crippen molar-refractivity contribution in [1.82, 2.24) is 14.3 Å². The van der Waals surface area contributed by atoms with Gasteiger partial charge in [0.05, 0.1) is 22.6 Å². The molecule has 0 bridgehead atoms. The number of alkyl halides is 2. The monoisotopic (exact) mass is 476 g/mol. The van der Waals surface area contributed by atoms with Crippen LogP contribution < -0.4 is 16.4 Å². The number of aryl methyl sites for hydroxylation is 1. The number of pyridine rings is 1. The highest BCUT2D eigenvalue weighted by molar-refractivity contribution is 5.90. The number of hydrogen-bond donors (Lipinski definition) is 1. The molecule has 1 fully saturated rings. The molecule has 3 heterocycles. The van der Waals surface area contributed by atoms with Crippen molar-refractivity contribution in [2.45, 2.75) is 57.7 Å². The van der Waals surface area contributed by atoms with Crippen LogP contribution in [-0.4, -0.2) is 26.6 Å². The maximum atomic E-state index is 14.7. The first-order chi connectivity index (χ1) is 16.0. The number of nitrogens with one attached hydrogen (secondary N) is 1. The third-order valence-electron chi connectivity index (χ3n) is 6.29. The van der Waals surface area contributed by atoms with Crippen LogP contribution in [0.3, 0.4) is 0 Å². The van der Waals surface area contributed by atoms with Gasteiger partial charge in [-0.25, -0.2) is 17.9 Å². The van der Waals surface area contributed by atoms with E-state index in [1.807, 2.05) is 13.8 Å². The van der Waals surface area contributed by atoms with Gasteiger partial charge < -0.3 is 14.6 Å². The highest BCUT2D eigenvalue weighted by Gasteiger charge is 2.30. The zero-order chi connectivity index (χ0) is 24.8. The summed E-state index contributed by atoms with van der Waals surface area (Å²) >= 11 is 0. The van der Waals surface area contributed by atoms with Crippen LogP contribution in [0.1, 0.15) is 63.2 Å². The minimum absolute atomic E-state index is 0.0427. The van der Waals surface area contributed by atoms with Gasteiger partial charge in [-0.3, -0.25) is 9.59 Å². The lowest BCUT2D eigenvalue weighted by atomic mass is 9.93. The molecule has 2 aromatic heterocycles. The zero-order valence-electron chi connectivity index (χ0n) is 19.4. The zero-order valence-corrected chi connectivity index (χ0v) is 19.4. The third-order valence-corrected chi connectivity index (χ3v) is 6.29. The predicted octanol–water partition coefficient (Wildman–Crippen LogP) is 4.48. The molecule has 182 valence electrons. The van der Waals surface area contributed by atoms with Crippen LogP contribution in [0.4, 0.5) is 19.0 Å². The fourth-order valence-electron chi connectivity index (χ4n) is 4.52. The molecule has 4 rings (SSSR count). The van der Waals surface area contributed by atoms with E-state index in [4.69, 9.17) is 4.74 Å². The molecule has 1 aliphatic heterocycles. The summed E-state index contributed by atoms with van der Waals surface area (Å²) in [4.78, 5) is 25.6. The topological polar surface area (TPSA) is 78.2 Å². The standard InChI is InChI=1S/C24H27F3N4O3/c1-13(15-6-5-7-16(20(15)25)21(26)27)28-22-18-12-31(14-8-9-34-24(2,3)11-14)19(32)10-17(18)23(33)30(4)29-22/h5-7,10,12-14,21H,8-9,11H2,1-4H3,(H,28,29)/t13?,14-/m0/s1. The van der Waals surface area contributed by atoms with E-state index in [-0.39, 0.29) is 28.4 Å². The van der Waals surface area contributed by atoms with Crippen LogP contribution in [0.25, 0.3) is 10.8 Å². The number of nitrogens with zero attached hydrogens (tertiary/aromatic N) is 3. The van der Waals surface area contributed by atoms with Crippen LogP contribution in [-0.2, 0) is 11.8 Å². The minimum atomic E-state index is -2.94. The average molecular weight is 476 g/mol. The summed E-state index contributed by atoms with van der Waals surface area (Å²) < 4.78 is 49.5. The van der Waals surface area contributed by atoms with Crippen molar-refractivity contribution < 1.29 is 17.9 Å². The first-order valence-electron chi connectivity index (χ1n) is 11.1. The minimum Gasteiger partial charge on any atom is -0.375 e. The van der Waals surface area contributed by atoms with Crippen LogP contribution in [0.5, 0.6) is 0 Å². The van der Waals surface area contributed by atoms with Crippen molar-refractivity contribution in [3.63, 3.8) is 0 Å². The Kier molecular flexibility index (Phi) is 6.28. The highest BCUT2D eigenvalue weighted by Crippen LogP contribution is 2.33. The molecule has 3 aromatic rings. The van der Waals surface area contributed by atoms with E-state index >= 15 is 0 Å². The van der Waals surface area contributed by atoms with Gasteiger partial charge in [0.2, 0.25) is 0 Å². The average Bonchev–Trinajstić information content (AvgIpc) is 2.76. The SMILES string of the molecule is CC(Nc1nn(C)c(=O)c2cc(=O)n([C@H]3CCOC(C)(C)C3)cc12)c1cccc(C(F)F)c1F. The fourth-order valence-corrected chi connectivity index (χ4v) is 4.52. The Bertz CT molecular complexity index is 1350. The molecule has 2 atom stereocenters. The summed E-state index contributed by atoms with van der Waals surface area (Å²) in [5.74, 6) is -0.750. The predicted molar refractivity (Wildman–Crippen MR) is 123 cm³/mol. The molecule has 1 saturated heterocycles. The number of fused-ring (bicyclic) bond motifs is 1. The largest absolute Gasteiger partial charge is 0.375 e. The summed E-state index contributed by atoms with van der Waals surface area (Å²) in [6.07, 6.45) is -0.0970. The summed E-state index contributed by atoms with van der Waals surface area (Å²) in [6.45, 7) is 6.03. The van der Waals surface area contributed by atoms with Gasteiger partial charge in [-0.1, -0.05) is 18.2 Å². The number of halogens is 3. The molecule has 0 spiro atoms. The van der Waals surface area contributed by atoms with Crippen LogP contribution in [0, 0.1) is 5.82 Å². The van der Waals surface area contributed by atoms with Gasteiger partial charge in [-0.2, -0.15) is 5.10 Å². The molecule has 1 aliphatic rings. The van der Waals surface area contributed by atoms with Crippen molar-refractivity contribution in [2.24, 2.45) is 7.05 Å². The number of ether oxygens (including phenoxy) is 1. The third kappa shape index (κ3) is 4.46. The van der Waals surface area contributed by atoms with E-state index in [9.17, 15) is 22.8 Å². The second kappa shape index (κ2) is 8.90. The highest BCUT2D eigenvalue weighted by atomic mass is 19.3. The lowest BCUT2D eigenvalue weighted by Gasteiger charge is -2.36. The number of rotatable bonds is 5. The molecule has 0 saturated carbocycles. The Hall–Kier alpha value is -3.14. The molecule has 10 heteroatoms. The smallest absolute Gasteiger partial charge is 0.274 e. The Morgan fingerprint density at radius 1 is 1.21 bits per heavy atom. The lowest BCUT2D eigenvalue weighted by molar-refractivity contribution is -0.0695. The van der Waals surface area contributed by atoms with Gasteiger partial charge in [0.1, 0.15) is 5.82 Å². The molecule has 1 aromatic carbocycles. The molecular formula is C24H27F3N4O3. The van der Waals surface area contributed by atoms with Gasteiger partial charge >= 0.3 is 0 Å². The molecule has 7 nitrogen and oxygen atoms in total. The summed E-state index contributed by atoms with van der Waals surface area (Å²) in [5.41, 5.74) is -1.80. The number of anilines is 1. The first-order valence-corrected chi connectivity index (χ1v) is 11.1. The van der Waals surface area contributed by atoms with Gasteiger partial charge in [0, 0.05) is 42.9 Å². The van der Waals surface area contributed by atoms with Gasteiger partial charge in [-0.15, -0.1) is 0 Å². The molecular weight excluding hydrogens is 449 g/mol. The van der Waals surface area contributed by atoms with E-state index in [1.165, 1.54) is 25.2 Å². The molecule has 0 aliphatic carbocycles. The van der Waals surface area contributed by atoms with Crippen LogP contribution in [0.2, 0.25) is 0 Å². The molecule has 1 unspecified atom stereocenters. The van der Waals surface area contributed by atoms with E-state index in [2.05, 4.69) is 10.4 Å². The van der Waals surface area contributed by atoms with Crippen molar-refractivity contribution in [1.29, 1.82) is 0 Å². The van der Waals surface area contributed by atoms with Gasteiger partial charge in [-0.05, 0) is 33.6 Å². The second-order valence-corrected chi connectivity index (χ2v) is 9.30. The number of aromatic nitrogens is 3. The Morgan fingerprint density at radius 2 is 1.91 bits per heavy atom. The van der Waals surface area contributed by atoms with E-state index in [0.29, 0.717) is 24.8 Å². The maximum absolute atomic E-state index is 14.7. The summed E-state index contributed by atoms with van der Waals surface area (Å²) in [5, 5.41) is 7.89. The van der Waals surface area contributed by atoms with Gasteiger partial charge in [0.25, 0.3) is 17.5 Å². The number of benzene rings is 1. The van der Waals surface area contributed by atoms with E-state index in [1.54, 1.807) is 17.7 Å². The molecule has 34 heavy (non-hydrogen) atoms. The van der Waals surface area contributed by atoms with Crippen molar-refractivity contribution in [3.8, 4) is 0 Å². The Morgan fingerprint density at radius 3 is 2.59 bits per heavy atom. The van der Waals surface area contributed by atoms with E-state index < -0.39 is 35.0 Å². The van der Waals surface area contributed by atoms with E-state index in [0.717, 1.165) is 10.7 Å². The quantitative estimate of drug-likeness (QED) is 0.588. The molecule has 1 N–H and O–H groups in total. The van der Waals surface area contributed by atoms with Gasteiger partial charge in [0.15, 0.2) is 5.82 Å². The lowest BCUT2D eigenvalue weighted by Crippen LogP contribution is -2.38. The van der Waals surface area contributed by atoms with Crippen LogP contribution >= 0.6 is 0 Å². The summed E-state index contributed by atoms with van der Waals surface area (Å²) in [7, 11) is 1.45. The van der Waals surface area contributed by atoms with Crippen molar-refractivity contribution in [3.05, 3.63) is 68.1 Å². The fraction of sp³-hybridized carbons (Fsp3) is 0.458. The Labute approximate surface area is 194 Å². The second-order valence-electron chi connectivity index (χ2n) is 9.30. The van der Waals surface area contributed by atoms with Crippen LogP contribution in [0.15, 0.2) is 40.1 Å². The van der Waals surface area contributed by atoms with Crippen molar-refractivity contribution >= 4 is 16.6 Å². The number of hydrogen-bond acceptors (Lipinski definition) is 5. The normalized spacial score (nSPS) is 18.9.